The van der Waals surface area contributed by atoms with E-state index >= 15 is 0 Å². The fourth-order valence-electron chi connectivity index (χ4n) is 3.05. The lowest BCUT2D eigenvalue weighted by Crippen LogP contribution is -2.37. The molecule has 2 rings (SSSR count). The van der Waals surface area contributed by atoms with Crippen molar-refractivity contribution >= 4 is 0 Å². The first-order valence-electron chi connectivity index (χ1n) is 8.23. The van der Waals surface area contributed by atoms with Crippen molar-refractivity contribution in [3.05, 3.63) is 29.6 Å². The van der Waals surface area contributed by atoms with Gasteiger partial charge < -0.3 is 10.2 Å². The van der Waals surface area contributed by atoms with Crippen LogP contribution < -0.4 is 5.32 Å². The molecular formula is C17H30N4. The molecule has 0 amide bonds. The second-order valence-electron chi connectivity index (χ2n) is 6.33. The highest BCUT2D eigenvalue weighted by molar-refractivity contribution is 5.11. The monoisotopic (exact) mass is 290 g/mol. The van der Waals surface area contributed by atoms with Crippen LogP contribution in [0.4, 0.5) is 0 Å². The zero-order valence-electron chi connectivity index (χ0n) is 13.8. The molecule has 4 heteroatoms. The Hall–Kier alpha value is -0.970. The lowest BCUT2D eigenvalue weighted by Gasteiger charge is -2.26. The molecule has 1 N–H and O–H groups in total. The fraction of sp³-hybridized carbons (Fsp3) is 0.706. The highest BCUT2D eigenvalue weighted by Gasteiger charge is 2.25. The SMILES string of the molecule is CCCNCc1cccc(CN2CCCC2CN(C)C)n1. The van der Waals surface area contributed by atoms with E-state index in [9.17, 15) is 0 Å². The molecule has 1 unspecified atom stereocenters. The topological polar surface area (TPSA) is 31.4 Å². The van der Waals surface area contributed by atoms with E-state index in [1.165, 1.54) is 31.5 Å². The summed E-state index contributed by atoms with van der Waals surface area (Å²) < 4.78 is 0. The van der Waals surface area contributed by atoms with Crippen molar-refractivity contribution in [2.75, 3.05) is 33.7 Å². The van der Waals surface area contributed by atoms with Crippen molar-refractivity contribution in [3.63, 3.8) is 0 Å². The van der Waals surface area contributed by atoms with E-state index in [1.54, 1.807) is 0 Å². The van der Waals surface area contributed by atoms with E-state index < -0.39 is 0 Å². The molecule has 1 aromatic rings. The summed E-state index contributed by atoms with van der Waals surface area (Å²) in [5, 5.41) is 3.42. The van der Waals surface area contributed by atoms with Gasteiger partial charge in [-0.25, -0.2) is 0 Å². The van der Waals surface area contributed by atoms with Crippen LogP contribution in [-0.4, -0.2) is 54.6 Å². The van der Waals surface area contributed by atoms with Gasteiger partial charge in [0, 0.05) is 25.7 Å². The second-order valence-corrected chi connectivity index (χ2v) is 6.33. The summed E-state index contributed by atoms with van der Waals surface area (Å²) in [6.07, 6.45) is 3.80. The largest absolute Gasteiger partial charge is 0.311 e. The minimum absolute atomic E-state index is 0.684. The van der Waals surface area contributed by atoms with Crippen LogP contribution >= 0.6 is 0 Å². The Morgan fingerprint density at radius 1 is 1.33 bits per heavy atom. The predicted molar refractivity (Wildman–Crippen MR) is 88.2 cm³/mol. The zero-order valence-corrected chi connectivity index (χ0v) is 13.8. The maximum Gasteiger partial charge on any atom is 0.0547 e. The van der Waals surface area contributed by atoms with E-state index in [0.29, 0.717) is 6.04 Å². The molecule has 0 aliphatic carbocycles. The first kappa shape index (κ1) is 16.4. The number of hydrogen-bond acceptors (Lipinski definition) is 4. The molecule has 4 nitrogen and oxygen atoms in total. The number of pyridine rings is 1. The van der Waals surface area contributed by atoms with Crippen LogP contribution in [0.5, 0.6) is 0 Å². The van der Waals surface area contributed by atoms with Crippen molar-refractivity contribution in [2.24, 2.45) is 0 Å². The summed E-state index contributed by atoms with van der Waals surface area (Å²) in [7, 11) is 4.32. The van der Waals surface area contributed by atoms with E-state index in [4.69, 9.17) is 4.98 Å². The molecule has 2 heterocycles. The van der Waals surface area contributed by atoms with Gasteiger partial charge in [-0.1, -0.05) is 13.0 Å². The lowest BCUT2D eigenvalue weighted by atomic mass is 10.2. The van der Waals surface area contributed by atoms with E-state index in [-0.39, 0.29) is 0 Å². The van der Waals surface area contributed by atoms with Gasteiger partial charge in [0.25, 0.3) is 0 Å². The molecule has 1 aliphatic rings. The summed E-state index contributed by atoms with van der Waals surface area (Å²) >= 11 is 0. The van der Waals surface area contributed by atoms with Crippen LogP contribution in [0.25, 0.3) is 0 Å². The molecule has 1 aromatic heterocycles. The standard InChI is InChI=1S/C17H30N4/c1-4-10-18-12-15-7-5-8-16(19-15)13-21-11-6-9-17(21)14-20(2)3/h5,7-8,17-18H,4,6,9-14H2,1-3H3. The van der Waals surface area contributed by atoms with E-state index in [1.807, 2.05) is 0 Å². The average Bonchev–Trinajstić information content (AvgIpc) is 2.86. The quantitative estimate of drug-likeness (QED) is 0.743. The number of likely N-dealkylation sites (N-methyl/N-ethyl adjacent to an activating group) is 1. The number of nitrogens with one attached hydrogen (secondary N) is 1. The van der Waals surface area contributed by atoms with Crippen LogP contribution in [-0.2, 0) is 13.1 Å². The Bertz CT molecular complexity index is 419. The summed E-state index contributed by atoms with van der Waals surface area (Å²) in [5.74, 6) is 0. The van der Waals surface area contributed by atoms with E-state index in [2.05, 4.69) is 54.3 Å². The van der Waals surface area contributed by atoms with E-state index in [0.717, 1.165) is 31.9 Å². The molecule has 1 aliphatic heterocycles. The molecule has 1 atom stereocenters. The van der Waals surface area contributed by atoms with Crippen molar-refractivity contribution in [1.29, 1.82) is 0 Å². The van der Waals surface area contributed by atoms with Gasteiger partial charge in [0.05, 0.1) is 11.4 Å². The Morgan fingerprint density at radius 2 is 2.14 bits per heavy atom. The maximum atomic E-state index is 4.80. The molecule has 118 valence electrons. The van der Waals surface area contributed by atoms with Gasteiger partial charge in [-0.05, 0) is 58.6 Å². The third kappa shape index (κ3) is 5.38. The van der Waals surface area contributed by atoms with Crippen molar-refractivity contribution < 1.29 is 0 Å². The summed E-state index contributed by atoms with van der Waals surface area (Å²) in [4.78, 5) is 9.69. The second kappa shape index (κ2) is 8.47. The molecule has 1 saturated heterocycles. The van der Waals surface area contributed by atoms with Gasteiger partial charge in [-0.2, -0.15) is 0 Å². The van der Waals surface area contributed by atoms with Gasteiger partial charge in [0.1, 0.15) is 0 Å². The van der Waals surface area contributed by atoms with Crippen molar-refractivity contribution in [2.45, 2.75) is 45.3 Å². The molecular weight excluding hydrogens is 260 g/mol. The number of aromatic nitrogens is 1. The highest BCUT2D eigenvalue weighted by Crippen LogP contribution is 2.20. The summed E-state index contributed by atoms with van der Waals surface area (Å²) in [6, 6.07) is 7.10. The first-order chi connectivity index (χ1) is 10.2. The highest BCUT2D eigenvalue weighted by atomic mass is 15.2. The minimum atomic E-state index is 0.684. The van der Waals surface area contributed by atoms with Crippen LogP contribution in [0.15, 0.2) is 18.2 Å². The molecule has 0 radical (unpaired) electrons. The van der Waals surface area contributed by atoms with Gasteiger partial charge in [0.15, 0.2) is 0 Å². The Balaban J connectivity index is 1.91. The molecule has 1 fully saturated rings. The molecule has 0 aromatic carbocycles. The number of nitrogens with zero attached hydrogens (tertiary/aromatic N) is 3. The summed E-state index contributed by atoms with van der Waals surface area (Å²) in [5.41, 5.74) is 2.36. The number of likely N-dealkylation sites (tertiary alicyclic amines) is 1. The normalized spacial score (nSPS) is 19.5. The zero-order chi connectivity index (χ0) is 15.1. The van der Waals surface area contributed by atoms with Gasteiger partial charge in [-0.3, -0.25) is 9.88 Å². The van der Waals surface area contributed by atoms with Crippen LogP contribution in [0.2, 0.25) is 0 Å². The van der Waals surface area contributed by atoms with Crippen molar-refractivity contribution in [1.82, 2.24) is 20.1 Å². The third-order valence-electron chi connectivity index (χ3n) is 4.04. The first-order valence-corrected chi connectivity index (χ1v) is 8.23. The molecule has 21 heavy (non-hydrogen) atoms. The Labute approximate surface area is 129 Å². The minimum Gasteiger partial charge on any atom is -0.311 e. The Kier molecular flexibility index (Phi) is 6.61. The number of rotatable bonds is 8. The Morgan fingerprint density at radius 3 is 2.90 bits per heavy atom. The molecule has 0 saturated carbocycles. The van der Waals surface area contributed by atoms with Gasteiger partial charge in [0.2, 0.25) is 0 Å². The van der Waals surface area contributed by atoms with Crippen LogP contribution in [0, 0.1) is 0 Å². The van der Waals surface area contributed by atoms with Gasteiger partial charge >= 0.3 is 0 Å². The van der Waals surface area contributed by atoms with Crippen LogP contribution in [0.1, 0.15) is 37.6 Å². The predicted octanol–water partition coefficient (Wildman–Crippen LogP) is 2.11. The number of hydrogen-bond donors (Lipinski definition) is 1. The molecule has 0 bridgehead atoms. The maximum absolute atomic E-state index is 4.80. The third-order valence-corrected chi connectivity index (χ3v) is 4.04. The lowest BCUT2D eigenvalue weighted by molar-refractivity contribution is 0.199. The van der Waals surface area contributed by atoms with Crippen LogP contribution in [0.3, 0.4) is 0 Å². The fourth-order valence-corrected chi connectivity index (χ4v) is 3.05. The molecule has 0 spiro atoms. The average molecular weight is 290 g/mol. The van der Waals surface area contributed by atoms with Crippen molar-refractivity contribution in [3.8, 4) is 0 Å². The summed E-state index contributed by atoms with van der Waals surface area (Å²) in [6.45, 7) is 7.47. The smallest absolute Gasteiger partial charge is 0.0547 e. The van der Waals surface area contributed by atoms with Gasteiger partial charge in [-0.15, -0.1) is 0 Å².